The van der Waals surface area contributed by atoms with Crippen LogP contribution in [0.25, 0.3) is 31.7 Å². The third kappa shape index (κ3) is 3.55. The molecule has 5 aromatic rings. The number of nitrogens with one attached hydrogen (secondary N) is 1. The summed E-state index contributed by atoms with van der Waals surface area (Å²) in [4.78, 5) is 36.4. The molecule has 0 saturated heterocycles. The highest BCUT2D eigenvalue weighted by atomic mass is 32.1. The van der Waals surface area contributed by atoms with Gasteiger partial charge in [0.1, 0.15) is 17.2 Å². The van der Waals surface area contributed by atoms with E-state index in [2.05, 4.69) is 19.9 Å². The maximum absolute atomic E-state index is 13.1. The second-order valence-corrected chi connectivity index (χ2v) is 8.83. The van der Waals surface area contributed by atoms with Crippen LogP contribution < -0.4 is 10.9 Å². The van der Waals surface area contributed by atoms with Crippen LogP contribution in [-0.2, 0) is 24.4 Å². The molecule has 4 heterocycles. The Morgan fingerprint density at radius 1 is 1.16 bits per heavy atom. The summed E-state index contributed by atoms with van der Waals surface area (Å²) in [6.07, 6.45) is 1.44. The predicted molar refractivity (Wildman–Crippen MR) is 124 cm³/mol. The molecule has 5 rings (SSSR count). The van der Waals surface area contributed by atoms with Gasteiger partial charge in [0.15, 0.2) is 0 Å². The van der Waals surface area contributed by atoms with Crippen LogP contribution in [0, 0.1) is 0 Å². The SMILES string of the molecule is CCn1c(CNC(=O)Cn2cnc3scc(-c4cccs4)c3c2=O)nc2ccccc21. The molecule has 0 aliphatic rings. The quantitative estimate of drug-likeness (QED) is 0.427. The highest BCUT2D eigenvalue weighted by Crippen LogP contribution is 2.33. The van der Waals surface area contributed by atoms with Crippen LogP contribution in [0.4, 0.5) is 0 Å². The van der Waals surface area contributed by atoms with Crippen LogP contribution >= 0.6 is 22.7 Å². The Labute approximate surface area is 185 Å². The van der Waals surface area contributed by atoms with E-state index >= 15 is 0 Å². The van der Waals surface area contributed by atoms with E-state index in [9.17, 15) is 9.59 Å². The van der Waals surface area contributed by atoms with Crippen molar-refractivity contribution in [3.63, 3.8) is 0 Å². The molecule has 4 aromatic heterocycles. The Balaban J connectivity index is 1.37. The summed E-state index contributed by atoms with van der Waals surface area (Å²) in [6, 6.07) is 11.8. The van der Waals surface area contributed by atoms with Gasteiger partial charge >= 0.3 is 0 Å². The fourth-order valence-corrected chi connectivity index (χ4v) is 5.42. The van der Waals surface area contributed by atoms with Gasteiger partial charge in [-0.2, -0.15) is 0 Å². The second-order valence-electron chi connectivity index (χ2n) is 7.02. The average Bonchev–Trinajstić information content (AvgIpc) is 3.51. The van der Waals surface area contributed by atoms with Crippen molar-refractivity contribution in [2.24, 2.45) is 0 Å². The van der Waals surface area contributed by atoms with E-state index in [1.807, 2.05) is 54.1 Å². The zero-order chi connectivity index (χ0) is 21.4. The topological polar surface area (TPSA) is 81.8 Å². The molecule has 7 nitrogen and oxygen atoms in total. The van der Waals surface area contributed by atoms with Crippen LogP contribution in [0.5, 0.6) is 0 Å². The van der Waals surface area contributed by atoms with Crippen molar-refractivity contribution < 1.29 is 4.79 Å². The van der Waals surface area contributed by atoms with Gasteiger partial charge in [0.05, 0.1) is 29.3 Å². The number of nitrogens with zero attached hydrogens (tertiary/aromatic N) is 4. The normalized spacial score (nSPS) is 11.4. The summed E-state index contributed by atoms with van der Waals surface area (Å²) < 4.78 is 3.44. The monoisotopic (exact) mass is 449 g/mol. The van der Waals surface area contributed by atoms with Crippen molar-refractivity contribution in [1.29, 1.82) is 0 Å². The molecule has 0 atom stereocenters. The number of carbonyl (C=O) groups excluding carboxylic acids is 1. The van der Waals surface area contributed by atoms with Crippen molar-refractivity contribution in [1.82, 2.24) is 24.4 Å². The number of aryl methyl sites for hydroxylation is 1. The number of amides is 1. The molecule has 0 saturated carbocycles. The molecule has 156 valence electrons. The maximum Gasteiger partial charge on any atom is 0.263 e. The fraction of sp³-hybridized carbons (Fsp3) is 0.182. The number of aromatic nitrogens is 4. The smallest absolute Gasteiger partial charge is 0.263 e. The lowest BCUT2D eigenvalue weighted by molar-refractivity contribution is -0.121. The van der Waals surface area contributed by atoms with Gasteiger partial charge < -0.3 is 9.88 Å². The number of hydrogen-bond acceptors (Lipinski definition) is 6. The Bertz CT molecular complexity index is 1450. The van der Waals surface area contributed by atoms with E-state index in [1.165, 1.54) is 22.2 Å². The Morgan fingerprint density at radius 2 is 2.03 bits per heavy atom. The summed E-state index contributed by atoms with van der Waals surface area (Å²) in [7, 11) is 0. The van der Waals surface area contributed by atoms with Crippen molar-refractivity contribution >= 4 is 49.8 Å². The van der Waals surface area contributed by atoms with Gasteiger partial charge in [-0.25, -0.2) is 9.97 Å². The zero-order valence-electron chi connectivity index (χ0n) is 16.7. The number of thiophene rings is 2. The van der Waals surface area contributed by atoms with E-state index in [4.69, 9.17) is 0 Å². The van der Waals surface area contributed by atoms with E-state index in [-0.39, 0.29) is 18.0 Å². The lowest BCUT2D eigenvalue weighted by atomic mass is 10.2. The number of para-hydroxylation sites is 2. The molecule has 0 radical (unpaired) electrons. The van der Waals surface area contributed by atoms with Crippen LogP contribution in [-0.4, -0.2) is 25.0 Å². The lowest BCUT2D eigenvalue weighted by Crippen LogP contribution is -2.32. The number of hydrogen-bond donors (Lipinski definition) is 1. The first kappa shape index (κ1) is 19.7. The molecule has 0 aliphatic carbocycles. The van der Waals surface area contributed by atoms with Gasteiger partial charge in [-0.3, -0.25) is 14.2 Å². The minimum Gasteiger partial charge on any atom is -0.347 e. The van der Waals surface area contributed by atoms with E-state index < -0.39 is 0 Å². The Kier molecular flexibility index (Phi) is 5.13. The summed E-state index contributed by atoms with van der Waals surface area (Å²) in [5.74, 6) is 0.529. The van der Waals surface area contributed by atoms with Crippen molar-refractivity contribution in [3.05, 3.63) is 69.7 Å². The molecule has 1 aromatic carbocycles. The first-order chi connectivity index (χ1) is 15.2. The average molecular weight is 450 g/mol. The van der Waals surface area contributed by atoms with E-state index in [0.717, 1.165) is 33.8 Å². The number of fused-ring (bicyclic) bond motifs is 2. The highest BCUT2D eigenvalue weighted by molar-refractivity contribution is 7.18. The van der Waals surface area contributed by atoms with Crippen molar-refractivity contribution in [2.45, 2.75) is 26.6 Å². The Hall–Kier alpha value is -3.30. The number of rotatable bonds is 6. The third-order valence-corrected chi connectivity index (χ3v) is 6.94. The van der Waals surface area contributed by atoms with Gasteiger partial charge in [-0.1, -0.05) is 18.2 Å². The third-order valence-electron chi connectivity index (χ3n) is 5.15. The summed E-state index contributed by atoms with van der Waals surface area (Å²) in [5.41, 5.74) is 2.61. The van der Waals surface area contributed by atoms with Crippen molar-refractivity contribution in [2.75, 3.05) is 0 Å². The van der Waals surface area contributed by atoms with E-state index in [1.54, 1.807) is 11.3 Å². The summed E-state index contributed by atoms with van der Waals surface area (Å²) in [5, 5.41) is 7.38. The van der Waals surface area contributed by atoms with Crippen molar-refractivity contribution in [3.8, 4) is 10.4 Å². The maximum atomic E-state index is 13.1. The van der Waals surface area contributed by atoms with E-state index in [0.29, 0.717) is 16.8 Å². The first-order valence-corrected chi connectivity index (χ1v) is 11.6. The molecule has 0 unspecified atom stereocenters. The molecule has 0 aliphatic heterocycles. The largest absolute Gasteiger partial charge is 0.347 e. The molecule has 1 N–H and O–H groups in total. The van der Waals surface area contributed by atoms with Gasteiger partial charge in [0, 0.05) is 22.4 Å². The fourth-order valence-electron chi connectivity index (χ4n) is 3.69. The number of benzene rings is 1. The van der Waals surface area contributed by atoms with Crippen LogP contribution in [0.15, 0.2) is 58.3 Å². The second kappa shape index (κ2) is 8.09. The molecule has 9 heteroatoms. The number of carbonyl (C=O) groups is 1. The predicted octanol–water partition coefficient (Wildman–Crippen LogP) is 3.87. The molecule has 1 amide bonds. The number of imidazole rings is 1. The highest BCUT2D eigenvalue weighted by Gasteiger charge is 2.16. The first-order valence-electron chi connectivity index (χ1n) is 9.87. The van der Waals surface area contributed by atoms with Crippen LogP contribution in [0.1, 0.15) is 12.7 Å². The van der Waals surface area contributed by atoms with Gasteiger partial charge in [0.2, 0.25) is 5.91 Å². The standard InChI is InChI=1S/C22H19N5O2S2/c1-2-27-16-7-4-3-6-15(16)25-18(27)10-23-19(28)11-26-13-24-21-20(22(26)29)14(12-31-21)17-8-5-9-30-17/h3-9,12-13H,2,10-11H2,1H3,(H,23,28). The minimum atomic E-state index is -0.258. The zero-order valence-corrected chi connectivity index (χ0v) is 18.4. The van der Waals surface area contributed by atoms with Gasteiger partial charge in [-0.15, -0.1) is 22.7 Å². The summed E-state index contributed by atoms with van der Waals surface area (Å²) >= 11 is 3.02. The molecular weight excluding hydrogens is 430 g/mol. The Morgan fingerprint density at radius 3 is 2.84 bits per heavy atom. The summed E-state index contributed by atoms with van der Waals surface area (Å²) in [6.45, 7) is 3.01. The lowest BCUT2D eigenvalue weighted by Gasteiger charge is -2.09. The van der Waals surface area contributed by atoms with Crippen LogP contribution in [0.2, 0.25) is 0 Å². The van der Waals surface area contributed by atoms with Gasteiger partial charge in [0.25, 0.3) is 5.56 Å². The minimum absolute atomic E-state index is 0.0894. The molecule has 31 heavy (non-hydrogen) atoms. The van der Waals surface area contributed by atoms with Gasteiger partial charge in [-0.05, 0) is 30.5 Å². The van der Waals surface area contributed by atoms with Crippen LogP contribution in [0.3, 0.4) is 0 Å². The molecule has 0 spiro atoms. The molecule has 0 fully saturated rings. The molecule has 0 bridgehead atoms. The molecular formula is C22H19N5O2S2.